The molecule has 3 heterocycles. The Hall–Kier alpha value is -4.08. The molecule has 0 saturated carbocycles. The first kappa shape index (κ1) is 20.9. The van der Waals surface area contributed by atoms with Gasteiger partial charge in [-0.15, -0.1) is 35.7 Å². The van der Waals surface area contributed by atoms with Gasteiger partial charge in [0.25, 0.3) is 0 Å². The number of hydrogen-bond donors (Lipinski definition) is 0. The van der Waals surface area contributed by atoms with Crippen molar-refractivity contribution in [3.63, 3.8) is 0 Å². The van der Waals surface area contributed by atoms with E-state index in [4.69, 9.17) is 8.85 Å². The van der Waals surface area contributed by atoms with Gasteiger partial charge >= 0.3 is 21.1 Å². The molecule has 0 bridgehead atoms. The van der Waals surface area contributed by atoms with E-state index in [2.05, 4.69) is 46.1 Å². The van der Waals surface area contributed by atoms with Crippen LogP contribution in [0.1, 0.15) is 9.68 Å². The number of benzene rings is 4. The second kappa shape index (κ2) is 9.66. The Morgan fingerprint density at radius 1 is 0.842 bits per heavy atom. The van der Waals surface area contributed by atoms with E-state index in [0.717, 1.165) is 39.8 Å². The molecule has 0 N–H and O–H groups in total. The third kappa shape index (κ3) is 4.04. The predicted octanol–water partition coefficient (Wildman–Crippen LogP) is 7.42. The topological polar surface area (TPSA) is 33.5 Å². The predicted molar refractivity (Wildman–Crippen MR) is 149 cm³/mol. The second-order valence-corrected chi connectivity index (χ2v) is 9.10. The van der Waals surface area contributed by atoms with Crippen LogP contribution in [-0.2, 0) is 21.1 Å². The Labute approximate surface area is 240 Å². The van der Waals surface area contributed by atoms with E-state index in [9.17, 15) is 0 Å². The summed E-state index contributed by atoms with van der Waals surface area (Å²) in [5, 5.41) is 1.99. The Kier molecular flexibility index (Phi) is 5.32. The summed E-state index contributed by atoms with van der Waals surface area (Å²) in [5.41, 5.74) is 5.10. The number of para-hydroxylation sites is 3. The van der Waals surface area contributed by atoms with Crippen molar-refractivity contribution in [1.29, 1.82) is 0 Å². The molecular weight excluding hydrogens is 651 g/mol. The molecule has 0 atom stereocenters. The SMILES string of the molecule is [2H]C([2H])([2H])c1ccnc(-n2c3[c-]c(Oc4[c-]c(N5CN(C)c6ccccc65)ccc4)ccc3c3ccccc32)c1.[Pt+2]. The van der Waals surface area contributed by atoms with E-state index < -0.39 is 6.85 Å². The fraction of sp³-hybridized carbons (Fsp3) is 0.0938. The van der Waals surface area contributed by atoms with Crippen molar-refractivity contribution in [3.8, 4) is 17.3 Å². The zero-order valence-electron chi connectivity index (χ0n) is 23.5. The molecule has 5 nitrogen and oxygen atoms in total. The average molecular weight is 679 g/mol. The monoisotopic (exact) mass is 678 g/mol. The van der Waals surface area contributed by atoms with Gasteiger partial charge in [0, 0.05) is 34.4 Å². The molecule has 0 saturated heterocycles. The van der Waals surface area contributed by atoms with Gasteiger partial charge in [-0.25, -0.2) is 4.98 Å². The van der Waals surface area contributed by atoms with Gasteiger partial charge in [-0.1, -0.05) is 41.5 Å². The molecule has 0 spiro atoms. The largest absolute Gasteiger partial charge is 2.00 e. The fourth-order valence-corrected chi connectivity index (χ4v) is 5.07. The first-order valence-corrected chi connectivity index (χ1v) is 12.1. The molecule has 0 amide bonds. The van der Waals surface area contributed by atoms with Crippen LogP contribution < -0.4 is 14.5 Å². The van der Waals surface area contributed by atoms with Gasteiger partial charge < -0.3 is 19.1 Å². The van der Waals surface area contributed by atoms with Crippen molar-refractivity contribution in [2.75, 3.05) is 23.5 Å². The number of nitrogens with zero attached hydrogens (tertiary/aromatic N) is 4. The molecule has 0 unspecified atom stereocenters. The van der Waals surface area contributed by atoms with Gasteiger partial charge in [-0.3, -0.25) is 0 Å². The van der Waals surface area contributed by atoms with Gasteiger partial charge in [0.2, 0.25) is 0 Å². The number of pyridine rings is 1. The van der Waals surface area contributed by atoms with E-state index in [-0.39, 0.29) is 26.6 Å². The summed E-state index contributed by atoms with van der Waals surface area (Å²) in [7, 11) is 2.07. The second-order valence-electron chi connectivity index (χ2n) is 9.10. The van der Waals surface area contributed by atoms with Crippen molar-refractivity contribution in [2.45, 2.75) is 6.85 Å². The first-order chi connectivity index (χ1) is 19.4. The van der Waals surface area contributed by atoms with E-state index >= 15 is 0 Å². The average Bonchev–Trinajstić information content (AvgIpc) is 3.47. The van der Waals surface area contributed by atoms with E-state index in [1.54, 1.807) is 6.07 Å². The van der Waals surface area contributed by atoms with E-state index in [1.807, 2.05) is 71.3 Å². The molecule has 0 aliphatic carbocycles. The third-order valence-electron chi connectivity index (χ3n) is 6.73. The van der Waals surface area contributed by atoms with Crippen molar-refractivity contribution >= 4 is 38.9 Å². The number of ether oxygens (including phenoxy) is 1. The molecular formula is C32H24N4OPt. The van der Waals surface area contributed by atoms with Crippen LogP contribution in [-0.4, -0.2) is 23.3 Å². The van der Waals surface area contributed by atoms with Crippen LogP contribution in [0.15, 0.2) is 97.2 Å². The number of aromatic nitrogens is 2. The third-order valence-corrected chi connectivity index (χ3v) is 6.73. The summed E-state index contributed by atoms with van der Waals surface area (Å²) in [5.74, 6) is 1.61. The Balaban J connectivity index is 0.00000302. The van der Waals surface area contributed by atoms with Gasteiger partial charge in [-0.2, -0.15) is 12.1 Å². The summed E-state index contributed by atoms with van der Waals surface area (Å²) in [6.45, 7) is -1.51. The van der Waals surface area contributed by atoms with Crippen LogP contribution in [0.3, 0.4) is 0 Å². The minimum atomic E-state index is -2.24. The van der Waals surface area contributed by atoms with Crippen molar-refractivity contribution < 1.29 is 29.9 Å². The maximum atomic E-state index is 7.87. The van der Waals surface area contributed by atoms with Crippen LogP contribution in [0.25, 0.3) is 27.6 Å². The zero-order chi connectivity index (χ0) is 27.4. The minimum Gasteiger partial charge on any atom is -0.509 e. The number of aryl methyl sites for hydroxylation is 1. The van der Waals surface area contributed by atoms with Gasteiger partial charge in [0.1, 0.15) is 5.82 Å². The number of hydrogen-bond acceptors (Lipinski definition) is 4. The molecule has 1 aliphatic rings. The molecule has 188 valence electrons. The van der Waals surface area contributed by atoms with E-state index in [0.29, 0.717) is 17.3 Å². The Bertz CT molecular complexity index is 1900. The smallest absolute Gasteiger partial charge is 0.509 e. The van der Waals surface area contributed by atoms with Gasteiger partial charge in [0.15, 0.2) is 0 Å². The molecule has 6 heteroatoms. The maximum Gasteiger partial charge on any atom is 2.00 e. The van der Waals surface area contributed by atoms with Crippen LogP contribution >= 0.6 is 0 Å². The Morgan fingerprint density at radius 2 is 1.66 bits per heavy atom. The number of rotatable bonds is 4. The van der Waals surface area contributed by atoms with Gasteiger partial charge in [-0.05, 0) is 48.1 Å². The maximum absolute atomic E-state index is 7.87. The summed E-state index contributed by atoms with van der Waals surface area (Å²) in [4.78, 5) is 8.93. The minimum absolute atomic E-state index is 0. The van der Waals surface area contributed by atoms with Crippen LogP contribution in [0.4, 0.5) is 17.1 Å². The summed E-state index contributed by atoms with van der Waals surface area (Å²) in [6.07, 6.45) is 1.53. The standard InChI is InChI=1S/C32H24N4O.Pt/c1-22-16-17-33-32(18-22)36-28-11-4-3-10-26(28)27-15-14-25(20-31(27)36)37-24-9-7-8-23(19-24)35-21-34(2)29-12-5-6-13-30(29)35;/h3-18H,21H2,1-2H3;/q-2;+2/i1D3;. The first-order valence-electron chi connectivity index (χ1n) is 13.6. The summed E-state index contributed by atoms with van der Waals surface area (Å²) < 4.78 is 31.8. The zero-order valence-corrected chi connectivity index (χ0v) is 22.7. The molecule has 1 aliphatic heterocycles. The quantitative estimate of drug-likeness (QED) is 0.182. The number of anilines is 3. The normalized spacial score (nSPS) is 14.1. The molecule has 7 rings (SSSR count). The number of fused-ring (bicyclic) bond motifs is 4. The van der Waals surface area contributed by atoms with Crippen LogP contribution in [0, 0.1) is 19.0 Å². The molecule has 4 aromatic carbocycles. The van der Waals surface area contributed by atoms with Crippen molar-refractivity contribution in [3.05, 3.63) is 115 Å². The Morgan fingerprint density at radius 3 is 2.55 bits per heavy atom. The molecule has 38 heavy (non-hydrogen) atoms. The van der Waals surface area contributed by atoms with Gasteiger partial charge in [0.05, 0.1) is 18.0 Å². The van der Waals surface area contributed by atoms with Crippen LogP contribution in [0.2, 0.25) is 0 Å². The molecule has 0 radical (unpaired) electrons. The van der Waals surface area contributed by atoms with Crippen molar-refractivity contribution in [1.82, 2.24) is 9.55 Å². The summed E-state index contributed by atoms with van der Waals surface area (Å²) in [6, 6.07) is 36.0. The van der Waals surface area contributed by atoms with Crippen molar-refractivity contribution in [2.24, 2.45) is 0 Å². The fourth-order valence-electron chi connectivity index (χ4n) is 5.07. The molecule has 0 fully saturated rings. The molecule has 2 aromatic heterocycles. The van der Waals surface area contributed by atoms with E-state index in [1.165, 1.54) is 18.0 Å². The van der Waals surface area contributed by atoms with Crippen LogP contribution in [0.5, 0.6) is 11.5 Å². The summed E-state index contributed by atoms with van der Waals surface area (Å²) >= 11 is 0. The molecule has 6 aromatic rings.